The Labute approximate surface area is 106 Å². The number of nitrogens with zero attached hydrogens (tertiary/aromatic N) is 1. The van der Waals surface area contributed by atoms with E-state index in [4.69, 9.17) is 0 Å². The molecule has 2 rings (SSSR count). The fourth-order valence-corrected chi connectivity index (χ4v) is 3.96. The molecule has 100 valence electrons. The van der Waals surface area contributed by atoms with Gasteiger partial charge < -0.3 is 5.11 Å². The van der Waals surface area contributed by atoms with Crippen LogP contribution in [-0.4, -0.2) is 35.2 Å². The van der Waals surface area contributed by atoms with Crippen LogP contribution in [0.25, 0.3) is 0 Å². The zero-order valence-electron chi connectivity index (χ0n) is 11.8. The SMILES string of the molecule is CCC1(CC)CN(C2(CO)CCCC(C)C2)C1. The van der Waals surface area contributed by atoms with E-state index < -0.39 is 0 Å². The summed E-state index contributed by atoms with van der Waals surface area (Å²) in [6.07, 6.45) is 7.63. The predicted molar refractivity (Wildman–Crippen MR) is 72.0 cm³/mol. The van der Waals surface area contributed by atoms with Gasteiger partial charge in [-0.25, -0.2) is 0 Å². The summed E-state index contributed by atoms with van der Waals surface area (Å²) in [5, 5.41) is 9.87. The van der Waals surface area contributed by atoms with E-state index in [0.29, 0.717) is 12.0 Å². The maximum atomic E-state index is 9.87. The van der Waals surface area contributed by atoms with Crippen molar-refractivity contribution in [3.63, 3.8) is 0 Å². The van der Waals surface area contributed by atoms with Gasteiger partial charge in [-0.3, -0.25) is 4.90 Å². The molecule has 1 aliphatic carbocycles. The summed E-state index contributed by atoms with van der Waals surface area (Å²) in [5.74, 6) is 0.786. The topological polar surface area (TPSA) is 23.5 Å². The minimum atomic E-state index is 0.130. The van der Waals surface area contributed by atoms with Gasteiger partial charge in [-0.05, 0) is 37.0 Å². The van der Waals surface area contributed by atoms with Crippen molar-refractivity contribution in [2.24, 2.45) is 11.3 Å². The molecule has 0 aromatic heterocycles. The van der Waals surface area contributed by atoms with Crippen molar-refractivity contribution in [3.8, 4) is 0 Å². The van der Waals surface area contributed by atoms with E-state index in [-0.39, 0.29) is 5.54 Å². The standard InChI is InChI=1S/C15H29NO/c1-4-14(5-2)10-16(11-14)15(12-17)8-6-7-13(3)9-15/h13,17H,4-12H2,1-3H3. The van der Waals surface area contributed by atoms with Crippen molar-refractivity contribution in [1.82, 2.24) is 4.90 Å². The van der Waals surface area contributed by atoms with Gasteiger partial charge in [-0.15, -0.1) is 0 Å². The van der Waals surface area contributed by atoms with Crippen LogP contribution in [0.5, 0.6) is 0 Å². The summed E-state index contributed by atoms with van der Waals surface area (Å²) >= 11 is 0. The first kappa shape index (κ1) is 13.4. The number of aliphatic hydroxyl groups excluding tert-OH is 1. The van der Waals surface area contributed by atoms with E-state index in [2.05, 4.69) is 25.7 Å². The van der Waals surface area contributed by atoms with Crippen LogP contribution < -0.4 is 0 Å². The summed E-state index contributed by atoms with van der Waals surface area (Å²) in [7, 11) is 0. The van der Waals surface area contributed by atoms with Crippen LogP contribution in [0.3, 0.4) is 0 Å². The average Bonchev–Trinajstić information content (AvgIpc) is 2.29. The zero-order chi connectivity index (χ0) is 12.5. The second kappa shape index (κ2) is 4.89. The van der Waals surface area contributed by atoms with Crippen molar-refractivity contribution < 1.29 is 5.11 Å². The molecule has 1 saturated heterocycles. The Morgan fingerprint density at radius 1 is 1.24 bits per heavy atom. The smallest absolute Gasteiger partial charge is 0.0615 e. The Balaban J connectivity index is 2.01. The Hall–Kier alpha value is -0.0800. The van der Waals surface area contributed by atoms with Gasteiger partial charge in [0.05, 0.1) is 6.61 Å². The minimum absolute atomic E-state index is 0.130. The second-order valence-corrected chi connectivity index (χ2v) is 6.65. The molecule has 2 unspecified atom stereocenters. The monoisotopic (exact) mass is 239 g/mol. The Morgan fingerprint density at radius 2 is 1.88 bits per heavy atom. The minimum Gasteiger partial charge on any atom is -0.394 e. The highest BCUT2D eigenvalue weighted by atomic mass is 16.3. The largest absolute Gasteiger partial charge is 0.394 e. The lowest BCUT2D eigenvalue weighted by Crippen LogP contribution is -2.67. The van der Waals surface area contributed by atoms with Gasteiger partial charge in [0.2, 0.25) is 0 Å². The highest BCUT2D eigenvalue weighted by Crippen LogP contribution is 2.46. The van der Waals surface area contributed by atoms with Crippen LogP contribution in [0, 0.1) is 11.3 Å². The Kier molecular flexibility index (Phi) is 3.84. The normalized spacial score (nSPS) is 37.8. The van der Waals surface area contributed by atoms with E-state index in [1.54, 1.807) is 0 Å². The van der Waals surface area contributed by atoms with Crippen LogP contribution in [0.2, 0.25) is 0 Å². The summed E-state index contributed by atoms with van der Waals surface area (Å²) in [5.41, 5.74) is 0.689. The third-order valence-electron chi connectivity index (χ3n) is 5.59. The van der Waals surface area contributed by atoms with E-state index in [9.17, 15) is 5.11 Å². The molecule has 1 N–H and O–H groups in total. The third-order valence-corrected chi connectivity index (χ3v) is 5.59. The molecule has 0 bridgehead atoms. The second-order valence-electron chi connectivity index (χ2n) is 6.65. The Morgan fingerprint density at radius 3 is 2.35 bits per heavy atom. The number of aliphatic hydroxyl groups is 1. The fourth-order valence-electron chi connectivity index (χ4n) is 3.96. The lowest BCUT2D eigenvalue weighted by Gasteiger charge is -2.59. The maximum Gasteiger partial charge on any atom is 0.0615 e. The van der Waals surface area contributed by atoms with Crippen molar-refractivity contribution in [2.45, 2.75) is 64.8 Å². The van der Waals surface area contributed by atoms with Gasteiger partial charge >= 0.3 is 0 Å². The van der Waals surface area contributed by atoms with Crippen molar-refractivity contribution in [3.05, 3.63) is 0 Å². The first-order chi connectivity index (χ1) is 8.10. The molecular formula is C15H29NO. The van der Waals surface area contributed by atoms with E-state index in [0.717, 1.165) is 5.92 Å². The Bertz CT molecular complexity index is 254. The molecule has 0 radical (unpaired) electrons. The van der Waals surface area contributed by atoms with Gasteiger partial charge in [-0.2, -0.15) is 0 Å². The van der Waals surface area contributed by atoms with Crippen LogP contribution in [-0.2, 0) is 0 Å². The van der Waals surface area contributed by atoms with E-state index >= 15 is 0 Å². The summed E-state index contributed by atoms with van der Waals surface area (Å²) in [6.45, 7) is 9.77. The lowest BCUT2D eigenvalue weighted by molar-refractivity contribution is -0.121. The molecule has 1 heterocycles. The summed E-state index contributed by atoms with van der Waals surface area (Å²) in [4.78, 5) is 2.59. The first-order valence-electron chi connectivity index (χ1n) is 7.46. The molecule has 1 aliphatic heterocycles. The molecule has 1 saturated carbocycles. The summed E-state index contributed by atoms with van der Waals surface area (Å²) < 4.78 is 0. The highest BCUT2D eigenvalue weighted by molar-refractivity contribution is 5.04. The molecule has 0 aromatic carbocycles. The van der Waals surface area contributed by atoms with E-state index in [1.807, 2.05) is 0 Å². The third kappa shape index (κ3) is 2.26. The molecule has 2 atom stereocenters. The number of hydrogen-bond donors (Lipinski definition) is 1. The molecule has 2 aliphatic rings. The molecule has 2 heteroatoms. The van der Waals surface area contributed by atoms with Crippen LogP contribution in [0.1, 0.15) is 59.3 Å². The van der Waals surface area contributed by atoms with Crippen molar-refractivity contribution in [2.75, 3.05) is 19.7 Å². The zero-order valence-corrected chi connectivity index (χ0v) is 11.8. The van der Waals surface area contributed by atoms with Gasteiger partial charge in [0, 0.05) is 18.6 Å². The van der Waals surface area contributed by atoms with Crippen LogP contribution >= 0.6 is 0 Å². The fraction of sp³-hybridized carbons (Fsp3) is 1.00. The average molecular weight is 239 g/mol. The number of hydrogen-bond acceptors (Lipinski definition) is 2. The van der Waals surface area contributed by atoms with Gasteiger partial charge in [0.15, 0.2) is 0 Å². The van der Waals surface area contributed by atoms with Crippen molar-refractivity contribution >= 4 is 0 Å². The van der Waals surface area contributed by atoms with Crippen molar-refractivity contribution in [1.29, 1.82) is 0 Å². The molecule has 2 nitrogen and oxygen atoms in total. The summed E-state index contributed by atoms with van der Waals surface area (Å²) in [6, 6.07) is 0. The molecular weight excluding hydrogens is 210 g/mol. The van der Waals surface area contributed by atoms with Gasteiger partial charge in [-0.1, -0.05) is 33.6 Å². The lowest BCUT2D eigenvalue weighted by atomic mass is 9.68. The van der Waals surface area contributed by atoms with Gasteiger partial charge in [0.25, 0.3) is 0 Å². The number of likely N-dealkylation sites (tertiary alicyclic amines) is 1. The molecule has 0 spiro atoms. The van der Waals surface area contributed by atoms with Crippen LogP contribution in [0.15, 0.2) is 0 Å². The molecule has 2 fully saturated rings. The first-order valence-corrected chi connectivity index (χ1v) is 7.46. The maximum absolute atomic E-state index is 9.87. The highest BCUT2D eigenvalue weighted by Gasteiger charge is 2.50. The number of rotatable bonds is 4. The quantitative estimate of drug-likeness (QED) is 0.815. The van der Waals surface area contributed by atoms with Gasteiger partial charge in [0.1, 0.15) is 0 Å². The van der Waals surface area contributed by atoms with Crippen LogP contribution in [0.4, 0.5) is 0 Å². The molecule has 17 heavy (non-hydrogen) atoms. The molecule has 0 amide bonds. The molecule has 0 aromatic rings. The predicted octanol–water partition coefficient (Wildman–Crippen LogP) is 3.05. The van der Waals surface area contributed by atoms with E-state index in [1.165, 1.54) is 51.6 Å².